The number of ether oxygens (including phenoxy) is 1. The summed E-state index contributed by atoms with van der Waals surface area (Å²) >= 11 is 0. The average molecular weight is 441 g/mol. The molecule has 1 heterocycles. The van der Waals surface area contributed by atoms with Crippen LogP contribution in [0.3, 0.4) is 0 Å². The molecule has 0 saturated heterocycles. The van der Waals surface area contributed by atoms with Crippen LogP contribution in [0.5, 0.6) is 5.75 Å². The second-order valence-electron chi connectivity index (χ2n) is 6.94. The first-order valence-electron chi connectivity index (χ1n) is 9.92. The lowest BCUT2D eigenvalue weighted by Gasteiger charge is -2.03. The van der Waals surface area contributed by atoms with Crippen molar-refractivity contribution in [3.05, 3.63) is 106 Å². The van der Waals surface area contributed by atoms with Crippen molar-refractivity contribution in [1.29, 1.82) is 0 Å². The first-order chi connectivity index (χ1) is 16.0. The normalized spacial score (nSPS) is 10.8. The van der Waals surface area contributed by atoms with Crippen LogP contribution in [0, 0.1) is 10.1 Å². The van der Waals surface area contributed by atoms with Crippen molar-refractivity contribution in [2.45, 2.75) is 0 Å². The van der Waals surface area contributed by atoms with E-state index in [1.807, 2.05) is 60.8 Å². The van der Waals surface area contributed by atoms with Crippen LogP contribution in [0.2, 0.25) is 0 Å². The molecule has 33 heavy (non-hydrogen) atoms. The van der Waals surface area contributed by atoms with E-state index in [1.54, 1.807) is 11.8 Å². The zero-order chi connectivity index (χ0) is 23.2. The number of aromatic nitrogens is 2. The number of hydrogen-bond acceptors (Lipinski definition) is 6. The number of hydrogen-bond donors (Lipinski definition) is 1. The minimum Gasteiger partial charge on any atom is -0.497 e. The molecular weight excluding hydrogens is 422 g/mol. The van der Waals surface area contributed by atoms with Crippen LogP contribution >= 0.6 is 0 Å². The largest absolute Gasteiger partial charge is 0.497 e. The summed E-state index contributed by atoms with van der Waals surface area (Å²) < 4.78 is 6.96. The summed E-state index contributed by atoms with van der Waals surface area (Å²) in [7, 11) is 1.60. The van der Waals surface area contributed by atoms with Gasteiger partial charge in [-0.05, 0) is 48.5 Å². The third-order valence-electron chi connectivity index (χ3n) is 4.84. The molecule has 0 saturated carbocycles. The van der Waals surface area contributed by atoms with Crippen LogP contribution in [0.1, 0.15) is 15.9 Å². The standard InChI is InChI=1S/C24H19N5O4/c1-33-22-13-9-17(10-14-22)23-19(16-28(27-23)20-5-3-2-4-6-20)15-25-26-24(30)18-7-11-21(12-8-18)29(31)32/h2-16H,1H3,(H,26,30)/b25-15+. The van der Waals surface area contributed by atoms with Crippen LogP contribution in [0.4, 0.5) is 5.69 Å². The van der Waals surface area contributed by atoms with Gasteiger partial charge in [0.2, 0.25) is 0 Å². The van der Waals surface area contributed by atoms with Gasteiger partial charge in [-0.1, -0.05) is 18.2 Å². The number of nitro groups is 1. The molecule has 4 rings (SSSR count). The van der Waals surface area contributed by atoms with Gasteiger partial charge in [0, 0.05) is 35.0 Å². The molecule has 4 aromatic rings. The van der Waals surface area contributed by atoms with E-state index in [0.29, 0.717) is 11.3 Å². The van der Waals surface area contributed by atoms with E-state index >= 15 is 0 Å². The van der Waals surface area contributed by atoms with Gasteiger partial charge in [0.1, 0.15) is 11.4 Å². The van der Waals surface area contributed by atoms with Crippen LogP contribution < -0.4 is 10.2 Å². The van der Waals surface area contributed by atoms with E-state index in [2.05, 4.69) is 10.5 Å². The summed E-state index contributed by atoms with van der Waals surface area (Å²) in [6.07, 6.45) is 3.33. The van der Waals surface area contributed by atoms with Gasteiger partial charge in [-0.2, -0.15) is 10.2 Å². The van der Waals surface area contributed by atoms with Gasteiger partial charge in [-0.25, -0.2) is 10.1 Å². The van der Waals surface area contributed by atoms with Crippen molar-refractivity contribution >= 4 is 17.8 Å². The molecule has 1 aromatic heterocycles. The van der Waals surface area contributed by atoms with Crippen LogP contribution in [-0.4, -0.2) is 33.9 Å². The van der Waals surface area contributed by atoms with Gasteiger partial charge in [0.25, 0.3) is 11.6 Å². The number of nitro benzene ring substituents is 1. The van der Waals surface area contributed by atoms with E-state index in [4.69, 9.17) is 9.84 Å². The summed E-state index contributed by atoms with van der Waals surface area (Å²) in [5, 5.41) is 19.5. The molecule has 0 spiro atoms. The van der Waals surface area contributed by atoms with Crippen molar-refractivity contribution < 1.29 is 14.5 Å². The number of methoxy groups -OCH3 is 1. The number of carbonyl (C=O) groups is 1. The average Bonchev–Trinajstić information content (AvgIpc) is 3.29. The molecule has 3 aromatic carbocycles. The van der Waals surface area contributed by atoms with Gasteiger partial charge >= 0.3 is 0 Å². The van der Waals surface area contributed by atoms with E-state index in [0.717, 1.165) is 17.0 Å². The molecule has 1 amide bonds. The maximum Gasteiger partial charge on any atom is 0.271 e. The molecule has 9 nitrogen and oxygen atoms in total. The second kappa shape index (κ2) is 9.56. The van der Waals surface area contributed by atoms with Crippen molar-refractivity contribution in [2.75, 3.05) is 7.11 Å². The summed E-state index contributed by atoms with van der Waals surface area (Å²) in [5.41, 5.74) is 5.71. The summed E-state index contributed by atoms with van der Waals surface area (Å²) in [5.74, 6) is 0.245. The molecule has 9 heteroatoms. The SMILES string of the molecule is COc1ccc(-c2nn(-c3ccccc3)cc2/C=N/NC(=O)c2ccc([N+](=O)[O-])cc2)cc1. The molecule has 0 bridgehead atoms. The van der Waals surface area contributed by atoms with Gasteiger partial charge in [0.05, 0.1) is 23.9 Å². The van der Waals surface area contributed by atoms with Crippen LogP contribution in [0.25, 0.3) is 16.9 Å². The van der Waals surface area contributed by atoms with E-state index in [1.165, 1.54) is 30.5 Å². The molecule has 164 valence electrons. The van der Waals surface area contributed by atoms with E-state index in [9.17, 15) is 14.9 Å². The van der Waals surface area contributed by atoms with Crippen LogP contribution in [-0.2, 0) is 0 Å². The number of carbonyl (C=O) groups excluding carboxylic acids is 1. The lowest BCUT2D eigenvalue weighted by Crippen LogP contribution is -2.17. The highest BCUT2D eigenvalue weighted by atomic mass is 16.6. The van der Waals surface area contributed by atoms with Gasteiger partial charge in [-0.3, -0.25) is 14.9 Å². The molecule has 0 aliphatic rings. The number of amides is 1. The molecule has 0 aliphatic heterocycles. The minimum atomic E-state index is -0.523. The summed E-state index contributed by atoms with van der Waals surface area (Å²) in [4.78, 5) is 22.6. The monoisotopic (exact) mass is 441 g/mol. The zero-order valence-corrected chi connectivity index (χ0v) is 17.6. The Kier molecular flexibility index (Phi) is 6.21. The Morgan fingerprint density at radius 1 is 1.06 bits per heavy atom. The Morgan fingerprint density at radius 2 is 1.76 bits per heavy atom. The minimum absolute atomic E-state index is 0.0903. The van der Waals surface area contributed by atoms with Crippen molar-refractivity contribution in [3.8, 4) is 22.7 Å². The number of nitrogens with zero attached hydrogens (tertiary/aromatic N) is 4. The fourth-order valence-corrected chi connectivity index (χ4v) is 3.13. The summed E-state index contributed by atoms with van der Waals surface area (Å²) in [6.45, 7) is 0. The molecule has 0 unspecified atom stereocenters. The predicted molar refractivity (Wildman–Crippen MR) is 124 cm³/mol. The number of nitrogens with one attached hydrogen (secondary N) is 1. The third-order valence-corrected chi connectivity index (χ3v) is 4.84. The number of para-hydroxylation sites is 1. The Balaban J connectivity index is 1.59. The van der Waals surface area contributed by atoms with E-state index < -0.39 is 10.8 Å². The summed E-state index contributed by atoms with van der Waals surface area (Å²) in [6, 6.07) is 22.4. The molecule has 0 fully saturated rings. The highest BCUT2D eigenvalue weighted by Gasteiger charge is 2.12. The van der Waals surface area contributed by atoms with Crippen molar-refractivity contribution in [1.82, 2.24) is 15.2 Å². The molecule has 0 radical (unpaired) electrons. The Hall–Kier alpha value is -4.79. The first-order valence-corrected chi connectivity index (χ1v) is 9.92. The zero-order valence-electron chi connectivity index (χ0n) is 17.6. The van der Waals surface area contributed by atoms with Gasteiger partial charge in [0.15, 0.2) is 0 Å². The van der Waals surface area contributed by atoms with Gasteiger partial charge < -0.3 is 4.74 Å². The predicted octanol–water partition coefficient (Wildman–Crippen LogP) is 4.22. The second-order valence-corrected chi connectivity index (χ2v) is 6.94. The Bertz CT molecular complexity index is 1300. The lowest BCUT2D eigenvalue weighted by molar-refractivity contribution is -0.384. The third kappa shape index (κ3) is 4.93. The van der Waals surface area contributed by atoms with Crippen LogP contribution in [0.15, 0.2) is 90.2 Å². The Morgan fingerprint density at radius 3 is 2.39 bits per heavy atom. The highest BCUT2D eigenvalue weighted by molar-refractivity contribution is 5.95. The smallest absolute Gasteiger partial charge is 0.271 e. The number of benzene rings is 3. The number of hydrazone groups is 1. The first kappa shape index (κ1) is 21.4. The lowest BCUT2D eigenvalue weighted by atomic mass is 10.1. The van der Waals surface area contributed by atoms with E-state index in [-0.39, 0.29) is 11.3 Å². The topological polar surface area (TPSA) is 112 Å². The fraction of sp³-hybridized carbons (Fsp3) is 0.0417. The van der Waals surface area contributed by atoms with Gasteiger partial charge in [-0.15, -0.1) is 0 Å². The maximum atomic E-state index is 12.3. The molecule has 0 aliphatic carbocycles. The Labute approximate surface area is 189 Å². The fourth-order valence-electron chi connectivity index (χ4n) is 3.13. The van der Waals surface area contributed by atoms with Crippen molar-refractivity contribution in [3.63, 3.8) is 0 Å². The molecule has 0 atom stereocenters. The quantitative estimate of drug-likeness (QED) is 0.262. The highest BCUT2D eigenvalue weighted by Crippen LogP contribution is 2.25. The molecular formula is C24H19N5O4. The van der Waals surface area contributed by atoms with Crippen molar-refractivity contribution in [2.24, 2.45) is 5.10 Å². The number of non-ortho nitro benzene ring substituents is 1. The molecule has 1 N–H and O–H groups in total. The number of rotatable bonds is 7. The maximum absolute atomic E-state index is 12.3.